The molecule has 10 heteroatoms. The lowest BCUT2D eigenvalue weighted by Gasteiger charge is -2.34. The van der Waals surface area contributed by atoms with E-state index in [1.165, 1.54) is 29.2 Å². The van der Waals surface area contributed by atoms with Crippen LogP contribution in [-0.2, 0) is 32.6 Å². The van der Waals surface area contributed by atoms with Crippen LogP contribution >= 0.6 is 11.6 Å². The molecule has 47 heavy (non-hydrogen) atoms. The molecule has 4 rings (SSSR count). The van der Waals surface area contributed by atoms with Gasteiger partial charge in [0.2, 0.25) is 11.8 Å². The first-order valence-electron chi connectivity index (χ1n) is 15.7. The highest BCUT2D eigenvalue weighted by Gasteiger charge is 2.35. The number of sulfonamides is 1. The van der Waals surface area contributed by atoms with Gasteiger partial charge in [-0.3, -0.25) is 13.9 Å². The van der Waals surface area contributed by atoms with Crippen molar-refractivity contribution in [3.05, 3.63) is 125 Å². The molecule has 0 aliphatic carbocycles. The zero-order valence-electron chi connectivity index (χ0n) is 27.2. The predicted molar refractivity (Wildman–Crippen MR) is 187 cm³/mol. The second kappa shape index (κ2) is 16.5. The van der Waals surface area contributed by atoms with Gasteiger partial charge in [-0.25, -0.2) is 8.42 Å². The third-order valence-electron chi connectivity index (χ3n) is 7.82. The lowest BCUT2D eigenvalue weighted by molar-refractivity contribution is -0.140. The van der Waals surface area contributed by atoms with Gasteiger partial charge in [-0.15, -0.1) is 0 Å². The maximum absolute atomic E-state index is 14.7. The van der Waals surface area contributed by atoms with Gasteiger partial charge in [0.25, 0.3) is 10.0 Å². The fourth-order valence-corrected chi connectivity index (χ4v) is 6.74. The Hall–Kier alpha value is -4.34. The van der Waals surface area contributed by atoms with Gasteiger partial charge in [0, 0.05) is 24.0 Å². The molecule has 0 aliphatic rings. The van der Waals surface area contributed by atoms with Crippen LogP contribution in [-0.4, -0.2) is 50.4 Å². The summed E-state index contributed by atoms with van der Waals surface area (Å²) < 4.78 is 35.5. The molecule has 0 radical (unpaired) electrons. The second-order valence-electron chi connectivity index (χ2n) is 11.4. The summed E-state index contributed by atoms with van der Waals surface area (Å²) in [4.78, 5) is 30.1. The zero-order chi connectivity index (χ0) is 34.0. The van der Waals surface area contributed by atoms with Crippen LogP contribution in [0.3, 0.4) is 0 Å². The zero-order valence-corrected chi connectivity index (χ0v) is 28.8. The first-order valence-corrected chi connectivity index (χ1v) is 17.5. The summed E-state index contributed by atoms with van der Waals surface area (Å²) >= 11 is 6.09. The molecule has 1 N–H and O–H groups in total. The first kappa shape index (κ1) is 35.5. The topological polar surface area (TPSA) is 96.0 Å². The van der Waals surface area contributed by atoms with E-state index in [4.69, 9.17) is 16.3 Å². The van der Waals surface area contributed by atoms with Gasteiger partial charge in [-0.2, -0.15) is 0 Å². The molecule has 0 saturated carbocycles. The molecule has 2 amide bonds. The van der Waals surface area contributed by atoms with Crippen LogP contribution in [0.15, 0.2) is 108 Å². The Labute approximate surface area is 283 Å². The van der Waals surface area contributed by atoms with Gasteiger partial charge in [-0.1, -0.05) is 90.8 Å². The average molecular weight is 676 g/mol. The highest BCUT2D eigenvalue weighted by atomic mass is 35.5. The van der Waals surface area contributed by atoms with Gasteiger partial charge in [0.1, 0.15) is 18.3 Å². The van der Waals surface area contributed by atoms with Crippen LogP contribution in [0.4, 0.5) is 5.69 Å². The number of halogens is 1. The summed E-state index contributed by atoms with van der Waals surface area (Å²) in [5.74, 6) is -0.553. The molecule has 0 aromatic heterocycles. The summed E-state index contributed by atoms with van der Waals surface area (Å²) in [6.45, 7) is 7.44. The molecular formula is C37H42ClN3O5S. The van der Waals surface area contributed by atoms with Crippen molar-refractivity contribution >= 4 is 39.1 Å². The number of nitrogens with zero attached hydrogens (tertiary/aromatic N) is 2. The standard InChI is InChI=1S/C37H42ClN3O5S/c1-5-28(4)39-37(43)34(24-29-14-8-7-9-15-29)40(25-30-16-12-13-27(3)23-30)36(42)26-41(33-17-10-11-18-35(33)46-6-2)47(44,45)32-21-19-31(38)20-22-32/h7-23,28,34H,5-6,24-26H2,1-4H3,(H,39,43)/t28-,34-/m0/s1. The molecule has 0 spiro atoms. The van der Waals surface area contributed by atoms with Gasteiger partial charge in [-0.05, 0) is 74.7 Å². The second-order valence-corrected chi connectivity index (χ2v) is 13.7. The van der Waals surface area contributed by atoms with Crippen LogP contribution in [0.25, 0.3) is 0 Å². The van der Waals surface area contributed by atoms with Crippen molar-refractivity contribution < 1.29 is 22.7 Å². The minimum Gasteiger partial charge on any atom is -0.492 e. The van der Waals surface area contributed by atoms with E-state index in [-0.39, 0.29) is 42.1 Å². The number of hydrogen-bond donors (Lipinski definition) is 1. The molecule has 0 unspecified atom stereocenters. The van der Waals surface area contributed by atoms with Crippen LogP contribution < -0.4 is 14.4 Å². The molecule has 4 aromatic carbocycles. The molecule has 0 heterocycles. The summed E-state index contributed by atoms with van der Waals surface area (Å²) in [6.07, 6.45) is 0.942. The largest absolute Gasteiger partial charge is 0.492 e. The van der Waals surface area contributed by atoms with E-state index in [1.807, 2.05) is 75.4 Å². The quantitative estimate of drug-likeness (QED) is 0.150. The third-order valence-corrected chi connectivity index (χ3v) is 9.85. The Bertz CT molecular complexity index is 1750. The van der Waals surface area contributed by atoms with E-state index in [1.54, 1.807) is 31.2 Å². The Morgan fingerprint density at radius 2 is 1.53 bits per heavy atom. The molecule has 0 fully saturated rings. The molecular weight excluding hydrogens is 634 g/mol. The molecule has 8 nitrogen and oxygen atoms in total. The molecule has 0 aliphatic heterocycles. The maximum atomic E-state index is 14.7. The van der Waals surface area contributed by atoms with Gasteiger partial charge in [0.05, 0.1) is 17.2 Å². The Morgan fingerprint density at radius 1 is 0.872 bits per heavy atom. The fraction of sp³-hybridized carbons (Fsp3) is 0.297. The Balaban J connectivity index is 1.84. The maximum Gasteiger partial charge on any atom is 0.264 e. The number of para-hydroxylation sites is 2. The summed E-state index contributed by atoms with van der Waals surface area (Å²) in [5.41, 5.74) is 2.88. The fourth-order valence-electron chi connectivity index (χ4n) is 5.19. The number of carbonyl (C=O) groups excluding carboxylic acids is 2. The number of carbonyl (C=O) groups is 2. The number of rotatable bonds is 15. The molecule has 0 bridgehead atoms. The van der Waals surface area contributed by atoms with Crippen molar-refractivity contribution in [3.8, 4) is 5.75 Å². The van der Waals surface area contributed by atoms with Crippen molar-refractivity contribution in [2.75, 3.05) is 17.5 Å². The molecule has 0 saturated heterocycles. The van der Waals surface area contributed by atoms with Crippen molar-refractivity contribution in [3.63, 3.8) is 0 Å². The van der Waals surface area contributed by atoms with E-state index < -0.39 is 28.5 Å². The van der Waals surface area contributed by atoms with E-state index in [0.29, 0.717) is 17.2 Å². The molecule has 4 aromatic rings. The van der Waals surface area contributed by atoms with E-state index >= 15 is 0 Å². The van der Waals surface area contributed by atoms with Gasteiger partial charge < -0.3 is 15.0 Å². The molecule has 2 atom stereocenters. The average Bonchev–Trinajstić information content (AvgIpc) is 3.06. The number of anilines is 1. The summed E-state index contributed by atoms with van der Waals surface area (Å²) in [6, 6.07) is 28.6. The van der Waals surface area contributed by atoms with E-state index in [2.05, 4.69) is 5.32 Å². The number of ether oxygens (including phenoxy) is 1. The summed E-state index contributed by atoms with van der Waals surface area (Å²) in [5, 5.41) is 3.43. The Kier molecular flexibility index (Phi) is 12.4. The van der Waals surface area contributed by atoms with Crippen molar-refractivity contribution in [1.82, 2.24) is 10.2 Å². The van der Waals surface area contributed by atoms with Crippen LogP contribution in [0.2, 0.25) is 5.02 Å². The third kappa shape index (κ3) is 9.36. The van der Waals surface area contributed by atoms with Crippen molar-refractivity contribution in [2.24, 2.45) is 0 Å². The monoisotopic (exact) mass is 675 g/mol. The summed E-state index contributed by atoms with van der Waals surface area (Å²) in [7, 11) is -4.30. The normalized spacial score (nSPS) is 12.5. The minimum absolute atomic E-state index is 0.0402. The smallest absolute Gasteiger partial charge is 0.264 e. The number of nitrogens with one attached hydrogen (secondary N) is 1. The van der Waals surface area contributed by atoms with Crippen LogP contribution in [0, 0.1) is 6.92 Å². The first-order chi connectivity index (χ1) is 22.5. The highest BCUT2D eigenvalue weighted by Crippen LogP contribution is 2.33. The molecule has 248 valence electrons. The van der Waals surface area contributed by atoms with E-state index in [9.17, 15) is 18.0 Å². The van der Waals surface area contributed by atoms with Crippen molar-refractivity contribution in [2.45, 2.75) is 64.1 Å². The number of aryl methyl sites for hydroxylation is 1. The van der Waals surface area contributed by atoms with Crippen LogP contribution in [0.1, 0.15) is 43.9 Å². The predicted octanol–water partition coefficient (Wildman–Crippen LogP) is 6.80. The lowest BCUT2D eigenvalue weighted by Crippen LogP contribution is -2.54. The Morgan fingerprint density at radius 3 is 2.19 bits per heavy atom. The highest BCUT2D eigenvalue weighted by molar-refractivity contribution is 7.92. The number of amides is 2. The van der Waals surface area contributed by atoms with E-state index in [0.717, 1.165) is 21.0 Å². The van der Waals surface area contributed by atoms with Gasteiger partial charge in [0.15, 0.2) is 0 Å². The number of hydrogen-bond acceptors (Lipinski definition) is 5. The number of benzene rings is 4. The minimum atomic E-state index is -4.30. The van der Waals surface area contributed by atoms with Gasteiger partial charge >= 0.3 is 0 Å². The lowest BCUT2D eigenvalue weighted by atomic mass is 10.0. The SMILES string of the molecule is CCOc1ccccc1N(CC(=O)N(Cc1cccc(C)c1)[C@@H](Cc1ccccc1)C(=O)N[C@@H](C)CC)S(=O)(=O)c1ccc(Cl)cc1. The van der Waals surface area contributed by atoms with Crippen LogP contribution in [0.5, 0.6) is 5.75 Å². The van der Waals surface area contributed by atoms with Crippen molar-refractivity contribution in [1.29, 1.82) is 0 Å².